The monoisotopic (exact) mass is 541 g/mol. The third-order valence-corrected chi connectivity index (χ3v) is 6.54. The Bertz CT molecular complexity index is 1570. The number of pyridine rings is 1. The number of benzene rings is 3. The lowest BCUT2D eigenvalue weighted by Crippen LogP contribution is -2.42. The van der Waals surface area contributed by atoms with Crippen molar-refractivity contribution in [3.05, 3.63) is 95.2 Å². The number of likely N-dealkylation sites (N-methyl/N-ethyl adjacent to an activating group) is 1. The molecular formula is C29H21F6N3O. The van der Waals surface area contributed by atoms with Gasteiger partial charge in [-0.2, -0.15) is 31.6 Å². The van der Waals surface area contributed by atoms with E-state index in [0.717, 1.165) is 0 Å². The molecule has 1 heterocycles. The van der Waals surface area contributed by atoms with Gasteiger partial charge >= 0.3 is 12.4 Å². The standard InChI is InChI=1S/C29H21F6N3O/c1-27(2,18-13-19(28(30,31)32)15-20(14-18)29(33,34)35)26(39)38(3)24-12-11-23-22(10-9-21(16-36)37-23)25(24)17-7-5-4-6-8-17/h4-15H,1-3H3. The van der Waals surface area contributed by atoms with Gasteiger partial charge in [0.1, 0.15) is 11.8 Å². The Kier molecular flexibility index (Phi) is 6.90. The summed E-state index contributed by atoms with van der Waals surface area (Å²) in [6.45, 7) is 2.57. The van der Waals surface area contributed by atoms with E-state index in [2.05, 4.69) is 4.98 Å². The summed E-state index contributed by atoms with van der Waals surface area (Å²) in [5, 5.41) is 9.84. The molecule has 0 N–H and O–H groups in total. The van der Waals surface area contributed by atoms with Crippen molar-refractivity contribution in [3.63, 3.8) is 0 Å². The number of aromatic nitrogens is 1. The molecule has 4 aromatic rings. The van der Waals surface area contributed by atoms with Gasteiger partial charge in [0, 0.05) is 18.0 Å². The van der Waals surface area contributed by atoms with Crippen LogP contribution in [0.5, 0.6) is 0 Å². The largest absolute Gasteiger partial charge is 0.416 e. The fraction of sp³-hybridized carbons (Fsp3) is 0.207. The Morgan fingerprint density at radius 1 is 0.821 bits per heavy atom. The van der Waals surface area contributed by atoms with Crippen molar-refractivity contribution in [2.75, 3.05) is 11.9 Å². The second kappa shape index (κ2) is 9.73. The molecule has 200 valence electrons. The number of hydrogen-bond acceptors (Lipinski definition) is 3. The van der Waals surface area contributed by atoms with Crippen LogP contribution in [0.1, 0.15) is 36.2 Å². The predicted molar refractivity (Wildman–Crippen MR) is 135 cm³/mol. The van der Waals surface area contributed by atoms with Gasteiger partial charge in [0.25, 0.3) is 0 Å². The maximum Gasteiger partial charge on any atom is 0.416 e. The van der Waals surface area contributed by atoms with E-state index in [4.69, 9.17) is 0 Å². The molecule has 0 fully saturated rings. The number of halogens is 6. The van der Waals surface area contributed by atoms with Crippen molar-refractivity contribution in [2.24, 2.45) is 0 Å². The van der Waals surface area contributed by atoms with E-state index in [1.807, 2.05) is 6.07 Å². The first-order valence-electron chi connectivity index (χ1n) is 11.6. The molecule has 1 amide bonds. The van der Waals surface area contributed by atoms with E-state index < -0.39 is 40.4 Å². The van der Waals surface area contributed by atoms with Crippen LogP contribution >= 0.6 is 0 Å². The Labute approximate surface area is 220 Å². The normalized spacial score (nSPS) is 12.3. The summed E-state index contributed by atoms with van der Waals surface area (Å²) >= 11 is 0. The summed E-state index contributed by atoms with van der Waals surface area (Å²) in [5.41, 5.74) is -2.91. The van der Waals surface area contributed by atoms with Crippen LogP contribution in [-0.4, -0.2) is 17.9 Å². The Balaban J connectivity index is 1.88. The number of carbonyl (C=O) groups is 1. The number of fused-ring (bicyclic) bond motifs is 1. The highest BCUT2D eigenvalue weighted by atomic mass is 19.4. The number of carbonyl (C=O) groups excluding carboxylic acids is 1. The van der Waals surface area contributed by atoms with Gasteiger partial charge in [-0.05, 0) is 67.4 Å². The van der Waals surface area contributed by atoms with E-state index >= 15 is 0 Å². The van der Waals surface area contributed by atoms with Gasteiger partial charge < -0.3 is 4.90 Å². The molecule has 4 rings (SSSR count). The number of nitrogens with zero attached hydrogens (tertiary/aromatic N) is 3. The van der Waals surface area contributed by atoms with Crippen LogP contribution in [0.25, 0.3) is 22.0 Å². The molecule has 0 aliphatic heterocycles. The molecule has 0 bridgehead atoms. The fourth-order valence-electron chi connectivity index (χ4n) is 4.41. The number of nitriles is 1. The average molecular weight is 541 g/mol. The molecule has 1 aromatic heterocycles. The molecule has 0 saturated heterocycles. The predicted octanol–water partition coefficient (Wildman–Crippen LogP) is 7.75. The summed E-state index contributed by atoms with van der Waals surface area (Å²) < 4.78 is 81.0. The van der Waals surface area contributed by atoms with Gasteiger partial charge in [-0.3, -0.25) is 4.79 Å². The van der Waals surface area contributed by atoms with Gasteiger partial charge in [0.15, 0.2) is 0 Å². The molecule has 0 spiro atoms. The average Bonchev–Trinajstić information content (AvgIpc) is 2.90. The van der Waals surface area contributed by atoms with E-state index in [9.17, 15) is 36.4 Å². The molecule has 0 unspecified atom stereocenters. The van der Waals surface area contributed by atoms with Gasteiger partial charge in [-0.1, -0.05) is 30.3 Å². The summed E-state index contributed by atoms with van der Waals surface area (Å²) in [6, 6.07) is 18.5. The molecular weight excluding hydrogens is 520 g/mol. The lowest BCUT2D eigenvalue weighted by Gasteiger charge is -2.32. The highest BCUT2D eigenvalue weighted by molar-refractivity contribution is 6.09. The van der Waals surface area contributed by atoms with Crippen LogP contribution in [0.2, 0.25) is 0 Å². The first-order chi connectivity index (χ1) is 18.1. The molecule has 0 aliphatic carbocycles. The molecule has 3 aromatic carbocycles. The topological polar surface area (TPSA) is 57.0 Å². The van der Waals surface area contributed by atoms with Crippen molar-refractivity contribution in [1.29, 1.82) is 5.26 Å². The zero-order valence-electron chi connectivity index (χ0n) is 20.9. The van der Waals surface area contributed by atoms with Crippen LogP contribution < -0.4 is 4.90 Å². The summed E-state index contributed by atoms with van der Waals surface area (Å²) in [7, 11) is 1.41. The van der Waals surface area contributed by atoms with Crippen LogP contribution in [0.3, 0.4) is 0 Å². The minimum Gasteiger partial charge on any atom is -0.314 e. The number of rotatable bonds is 4. The number of alkyl halides is 6. The number of amides is 1. The summed E-state index contributed by atoms with van der Waals surface area (Å²) in [4.78, 5) is 19.3. The first-order valence-corrected chi connectivity index (χ1v) is 11.6. The molecule has 0 aliphatic rings. The van der Waals surface area contributed by atoms with Crippen molar-refractivity contribution in [1.82, 2.24) is 4.98 Å². The van der Waals surface area contributed by atoms with Crippen LogP contribution in [0, 0.1) is 11.3 Å². The third kappa shape index (κ3) is 5.30. The summed E-state index contributed by atoms with van der Waals surface area (Å²) in [5.74, 6) is -0.729. The molecule has 0 atom stereocenters. The van der Waals surface area contributed by atoms with Crippen LogP contribution in [-0.2, 0) is 22.6 Å². The fourth-order valence-corrected chi connectivity index (χ4v) is 4.41. The zero-order valence-corrected chi connectivity index (χ0v) is 20.9. The smallest absolute Gasteiger partial charge is 0.314 e. The van der Waals surface area contributed by atoms with Crippen molar-refractivity contribution in [3.8, 4) is 17.2 Å². The van der Waals surface area contributed by atoms with Crippen molar-refractivity contribution >= 4 is 22.5 Å². The maximum atomic E-state index is 13.8. The SMILES string of the molecule is CN(C(=O)C(C)(C)c1cc(C(F)(F)F)cc(C(F)(F)F)c1)c1ccc2nc(C#N)ccc2c1-c1ccccc1. The molecule has 39 heavy (non-hydrogen) atoms. The Hall–Kier alpha value is -4.39. The lowest BCUT2D eigenvalue weighted by molar-refractivity contribution is -0.143. The molecule has 0 saturated carbocycles. The minimum atomic E-state index is -5.05. The van der Waals surface area contributed by atoms with Crippen LogP contribution in [0.15, 0.2) is 72.8 Å². The quantitative estimate of drug-likeness (QED) is 0.248. The van der Waals surface area contributed by atoms with E-state index in [-0.39, 0.29) is 11.8 Å². The number of anilines is 1. The molecule has 4 nitrogen and oxygen atoms in total. The Morgan fingerprint density at radius 3 is 1.92 bits per heavy atom. The van der Waals surface area contributed by atoms with Crippen molar-refractivity contribution < 1.29 is 31.1 Å². The minimum absolute atomic E-state index is 0.0348. The van der Waals surface area contributed by atoms with Crippen molar-refractivity contribution in [2.45, 2.75) is 31.6 Å². The summed E-state index contributed by atoms with van der Waals surface area (Å²) in [6.07, 6.45) is -10.1. The maximum absolute atomic E-state index is 13.8. The van der Waals surface area contributed by atoms with Gasteiger partial charge in [0.05, 0.1) is 27.7 Å². The van der Waals surface area contributed by atoms with Gasteiger partial charge in [-0.15, -0.1) is 0 Å². The second-order valence-electron chi connectivity index (χ2n) is 9.48. The Morgan fingerprint density at radius 2 is 1.38 bits per heavy atom. The highest BCUT2D eigenvalue weighted by Gasteiger charge is 2.41. The van der Waals surface area contributed by atoms with E-state index in [0.29, 0.717) is 39.8 Å². The second-order valence-corrected chi connectivity index (χ2v) is 9.48. The van der Waals surface area contributed by atoms with Gasteiger partial charge in [0.2, 0.25) is 5.91 Å². The van der Waals surface area contributed by atoms with E-state index in [1.54, 1.807) is 48.5 Å². The zero-order chi connectivity index (χ0) is 28.8. The third-order valence-electron chi connectivity index (χ3n) is 6.54. The molecule has 10 heteroatoms. The lowest BCUT2D eigenvalue weighted by atomic mass is 9.81. The highest BCUT2D eigenvalue weighted by Crippen LogP contribution is 2.41. The first kappa shape index (κ1) is 27.6. The van der Waals surface area contributed by atoms with Crippen LogP contribution in [0.4, 0.5) is 32.0 Å². The van der Waals surface area contributed by atoms with E-state index in [1.165, 1.54) is 31.9 Å². The molecule has 0 radical (unpaired) electrons. The van der Waals surface area contributed by atoms with Gasteiger partial charge in [-0.25, -0.2) is 4.98 Å². The number of hydrogen-bond donors (Lipinski definition) is 0.